The highest BCUT2D eigenvalue weighted by molar-refractivity contribution is 7.26. The molecule has 6 aromatic heterocycles. The Balaban J connectivity index is 0.000000135. The van der Waals surface area contributed by atoms with Crippen LogP contribution in [0.1, 0.15) is 44.5 Å². The molecule has 0 amide bonds. The van der Waals surface area contributed by atoms with E-state index < -0.39 is 10.8 Å². The maximum atomic E-state index is 5.41. The lowest BCUT2D eigenvalue weighted by Gasteiger charge is -2.35. The molecule has 25 rings (SSSR count). The first-order valence-electron chi connectivity index (χ1n) is 40.1. The van der Waals surface area contributed by atoms with Gasteiger partial charge in [0, 0.05) is 98.5 Å². The second-order valence-electron chi connectivity index (χ2n) is 30.9. The molecule has 15 aromatic carbocycles. The van der Waals surface area contributed by atoms with Crippen molar-refractivity contribution in [1.82, 2.24) is 29.9 Å². The van der Waals surface area contributed by atoms with Crippen LogP contribution in [0.15, 0.2) is 401 Å². The molecule has 2 spiro atoms. The second-order valence-corrected chi connectivity index (χ2v) is 33.1. The molecule has 4 aliphatic rings. The van der Waals surface area contributed by atoms with Gasteiger partial charge in [-0.3, -0.25) is 9.97 Å². The van der Waals surface area contributed by atoms with E-state index in [0.717, 1.165) is 67.3 Å². The van der Waals surface area contributed by atoms with E-state index in [1.54, 1.807) is 12.4 Å². The monoisotopic (exact) mass is 1530 g/mol. The van der Waals surface area contributed by atoms with Crippen LogP contribution in [0.25, 0.3) is 186 Å². The second kappa shape index (κ2) is 26.9. The molecule has 21 aromatic rings. The number of rotatable bonds is 7. The molecule has 0 radical (unpaired) electrons. The summed E-state index contributed by atoms with van der Waals surface area (Å²) in [5.41, 5.74) is 35.9. The summed E-state index contributed by atoms with van der Waals surface area (Å²) in [6.07, 6.45) is 7.38. The number of hydrogen-bond acceptors (Lipinski definition) is 8. The molecule has 8 heteroatoms. The van der Waals surface area contributed by atoms with Crippen molar-refractivity contribution in [1.29, 1.82) is 0 Å². The van der Waals surface area contributed by atoms with Crippen LogP contribution in [0.4, 0.5) is 0 Å². The number of thiophene rings is 2. The number of benzene rings is 15. The Hall–Kier alpha value is -14.8. The van der Waals surface area contributed by atoms with Gasteiger partial charge in [-0.05, 0) is 189 Å². The molecule has 0 bridgehead atoms. The van der Waals surface area contributed by atoms with E-state index in [2.05, 4.69) is 356 Å². The number of aromatic nitrogens is 6. The van der Waals surface area contributed by atoms with Gasteiger partial charge in [0.25, 0.3) is 0 Å². The Morgan fingerprint density at radius 1 is 0.195 bits per heavy atom. The highest BCUT2D eigenvalue weighted by Crippen LogP contribution is 2.66. The van der Waals surface area contributed by atoms with Gasteiger partial charge >= 0.3 is 0 Å². The summed E-state index contributed by atoms with van der Waals surface area (Å²) in [5, 5.41) is 5.30. The fraction of sp³-hybridized carbons (Fsp3) is 0.0182. The van der Waals surface area contributed by atoms with Crippen LogP contribution in [-0.4, -0.2) is 29.9 Å². The molecule has 0 saturated heterocycles. The van der Waals surface area contributed by atoms with Crippen LogP contribution < -0.4 is 0 Å². The SMILES string of the molecule is c1ccc(-c2cc(-c3ccc4c(c3)C3(c5ccccc5-c5ccccc5-4)c4ccccc4-c4c3ccc3sc5ccccc5c43)nc(-c3ccc(-c4cccnc4)cc3)n2)cc1.c1ccc(-c2nc(-c3cccnc3)cc(-c3ccc4c(c3)C3(c5ccccc5-c5ccccc5-4)c4ccccc4-c4c3ccc3sc5ccccc5c43)n2)cc1. The lowest BCUT2D eigenvalue weighted by Crippen LogP contribution is -2.29. The first-order chi connectivity index (χ1) is 58.5. The number of pyridine rings is 2. The Labute approximate surface area is 689 Å². The maximum absolute atomic E-state index is 5.41. The zero-order chi connectivity index (χ0) is 77.6. The Morgan fingerprint density at radius 2 is 0.525 bits per heavy atom. The van der Waals surface area contributed by atoms with Crippen molar-refractivity contribution >= 4 is 63.0 Å². The van der Waals surface area contributed by atoms with E-state index >= 15 is 0 Å². The van der Waals surface area contributed by atoms with Gasteiger partial charge < -0.3 is 0 Å². The smallest absolute Gasteiger partial charge is 0.160 e. The van der Waals surface area contributed by atoms with E-state index in [1.165, 1.54) is 152 Å². The fourth-order valence-corrected chi connectivity index (χ4v) is 22.1. The minimum atomic E-state index is -0.635. The van der Waals surface area contributed by atoms with Crippen LogP contribution in [-0.2, 0) is 10.8 Å². The highest BCUT2D eigenvalue weighted by atomic mass is 32.1. The van der Waals surface area contributed by atoms with Crippen molar-refractivity contribution in [2.75, 3.05) is 0 Å². The molecule has 0 saturated carbocycles. The third-order valence-electron chi connectivity index (χ3n) is 24.9. The molecule has 2 unspecified atom stereocenters. The van der Waals surface area contributed by atoms with Crippen molar-refractivity contribution in [3.63, 3.8) is 0 Å². The van der Waals surface area contributed by atoms with Crippen molar-refractivity contribution in [3.8, 4) is 146 Å². The van der Waals surface area contributed by atoms with Gasteiger partial charge in [0.2, 0.25) is 0 Å². The Bertz CT molecular complexity index is 7630. The first-order valence-corrected chi connectivity index (χ1v) is 41.7. The molecule has 4 aliphatic carbocycles. The topological polar surface area (TPSA) is 77.3 Å². The molecule has 118 heavy (non-hydrogen) atoms. The molecular weight excluding hydrogens is 1470 g/mol. The molecule has 6 nitrogen and oxygen atoms in total. The maximum Gasteiger partial charge on any atom is 0.160 e. The number of fused-ring (bicyclic) bond motifs is 32. The van der Waals surface area contributed by atoms with Crippen LogP contribution in [0, 0.1) is 0 Å². The zero-order valence-electron chi connectivity index (χ0n) is 63.6. The molecule has 6 heterocycles. The molecule has 0 aliphatic heterocycles. The average Bonchev–Trinajstić information content (AvgIpc) is 1.52. The van der Waals surface area contributed by atoms with E-state index in [0.29, 0.717) is 11.6 Å². The van der Waals surface area contributed by atoms with Gasteiger partial charge in [0.05, 0.1) is 33.6 Å². The summed E-state index contributed by atoms with van der Waals surface area (Å²) in [6, 6.07) is 137. The normalized spacial score (nSPS) is 14.7. The highest BCUT2D eigenvalue weighted by Gasteiger charge is 2.53. The van der Waals surface area contributed by atoms with Gasteiger partial charge in [0.15, 0.2) is 11.6 Å². The summed E-state index contributed by atoms with van der Waals surface area (Å²) in [5.74, 6) is 1.37. The van der Waals surface area contributed by atoms with Gasteiger partial charge in [-0.1, -0.05) is 309 Å². The lowest BCUT2D eigenvalue weighted by atomic mass is 9.65. The first kappa shape index (κ1) is 67.7. The van der Waals surface area contributed by atoms with Crippen LogP contribution in [0.3, 0.4) is 0 Å². The molecule has 548 valence electrons. The zero-order valence-corrected chi connectivity index (χ0v) is 65.2. The Morgan fingerprint density at radius 3 is 0.975 bits per heavy atom. The lowest BCUT2D eigenvalue weighted by molar-refractivity contribution is 0.776. The van der Waals surface area contributed by atoms with Crippen molar-refractivity contribution < 1.29 is 0 Å². The van der Waals surface area contributed by atoms with Crippen molar-refractivity contribution in [2.45, 2.75) is 10.8 Å². The third-order valence-corrected chi connectivity index (χ3v) is 27.1. The summed E-state index contributed by atoms with van der Waals surface area (Å²) in [4.78, 5) is 29.8. The number of nitrogens with zero attached hydrogens (tertiary/aromatic N) is 6. The number of hydrogen-bond donors (Lipinski definition) is 0. The average molecular weight is 1540 g/mol. The third kappa shape index (κ3) is 10.2. The van der Waals surface area contributed by atoms with E-state index in [-0.39, 0.29) is 0 Å². The standard InChI is InChI=1S/C58H35N3S.C52H31N3S/c1-2-13-37(14-3-1)51-34-52(61-57(60-51)38-26-24-36(25-27-38)40-15-12-32-59-35-40)39-28-29-44-42-17-5-4-16-41(42)43-18-6-9-21-47(43)58(50(44)33-39)48-22-10-7-19-45(48)55-49(58)30-31-54-56(55)46-20-8-11-23-53(46)62-54;1-2-13-32(14-3-1)51-54-45(30-46(55-51)34-15-12-28-53-31-34)33-24-25-38-36-17-5-4-16-35(36)37-18-6-9-21-41(37)52(44(38)29-33)42-22-10-7-19-39(42)49-43(52)26-27-48-50(49)40-20-8-11-23-47(40)56-48/h1-35H;1-31H. The van der Waals surface area contributed by atoms with E-state index in [1.807, 2.05) is 65.4 Å². The Kier molecular flexibility index (Phi) is 15.4. The minimum absolute atomic E-state index is 0.619. The summed E-state index contributed by atoms with van der Waals surface area (Å²) in [7, 11) is 0. The largest absolute Gasteiger partial charge is 0.264 e. The fourth-order valence-electron chi connectivity index (χ4n) is 19.9. The predicted molar refractivity (Wildman–Crippen MR) is 487 cm³/mol. The quantitative estimate of drug-likeness (QED) is 0.158. The van der Waals surface area contributed by atoms with Crippen LogP contribution in [0.5, 0.6) is 0 Å². The summed E-state index contributed by atoms with van der Waals surface area (Å²) < 4.78 is 5.25. The summed E-state index contributed by atoms with van der Waals surface area (Å²) >= 11 is 3.77. The molecule has 2 atom stereocenters. The van der Waals surface area contributed by atoms with Gasteiger partial charge in [-0.15, -0.1) is 22.7 Å². The van der Waals surface area contributed by atoms with Crippen molar-refractivity contribution in [2.24, 2.45) is 0 Å². The van der Waals surface area contributed by atoms with Crippen molar-refractivity contribution in [3.05, 3.63) is 445 Å². The molecule has 0 N–H and O–H groups in total. The van der Waals surface area contributed by atoms with Crippen LogP contribution in [0.2, 0.25) is 0 Å². The van der Waals surface area contributed by atoms with Crippen LogP contribution >= 0.6 is 22.7 Å². The summed E-state index contributed by atoms with van der Waals surface area (Å²) in [6.45, 7) is 0. The predicted octanol–water partition coefficient (Wildman–Crippen LogP) is 28.2. The minimum Gasteiger partial charge on any atom is -0.264 e. The van der Waals surface area contributed by atoms with Gasteiger partial charge in [-0.25, -0.2) is 19.9 Å². The van der Waals surface area contributed by atoms with E-state index in [4.69, 9.17) is 19.9 Å². The van der Waals surface area contributed by atoms with Gasteiger partial charge in [0.1, 0.15) is 0 Å². The molecular formula is C110H66N6S2. The van der Waals surface area contributed by atoms with E-state index in [9.17, 15) is 0 Å². The van der Waals surface area contributed by atoms with Gasteiger partial charge in [-0.2, -0.15) is 0 Å². The molecule has 0 fully saturated rings.